The van der Waals surface area contributed by atoms with Gasteiger partial charge >= 0.3 is 5.97 Å². The Morgan fingerprint density at radius 1 is 1.36 bits per heavy atom. The highest BCUT2D eigenvalue weighted by atomic mass is 32.2. The average molecular weight is 573 g/mol. The van der Waals surface area contributed by atoms with Crippen LogP contribution in [0.1, 0.15) is 19.5 Å². The number of nitrogens with one attached hydrogen (secondary N) is 1. The number of anilines is 1. The number of pyridine rings is 1. The first-order valence-electron chi connectivity index (χ1n) is 11.5. The number of carboxylic acids is 2. The molecule has 0 spiro atoms. The number of thiazole rings is 1. The van der Waals surface area contributed by atoms with Gasteiger partial charge < -0.3 is 30.9 Å². The van der Waals surface area contributed by atoms with E-state index in [9.17, 15) is 29.4 Å². The van der Waals surface area contributed by atoms with E-state index in [0.29, 0.717) is 12.1 Å². The molecule has 2 atom stereocenters. The minimum absolute atomic E-state index is 0.0233. The van der Waals surface area contributed by atoms with Gasteiger partial charge in [-0.15, -0.1) is 23.1 Å². The summed E-state index contributed by atoms with van der Waals surface area (Å²) < 4.78 is 1.89. The number of oxime groups is 1. The molecule has 39 heavy (non-hydrogen) atoms. The molecule has 4 heterocycles. The first-order valence-corrected chi connectivity index (χ1v) is 13.4. The molecule has 204 valence electrons. The van der Waals surface area contributed by atoms with Gasteiger partial charge in [-0.2, -0.15) is 0 Å². The molecule has 2 aliphatic heterocycles. The van der Waals surface area contributed by atoms with Crippen LogP contribution in [-0.4, -0.2) is 67.2 Å². The lowest BCUT2D eigenvalue weighted by molar-refractivity contribution is -0.687. The highest BCUT2D eigenvalue weighted by Gasteiger charge is 2.53. The molecule has 2 aromatic heterocycles. The minimum Gasteiger partial charge on any atom is -0.543 e. The highest BCUT2D eigenvalue weighted by Crippen LogP contribution is 2.40. The normalized spacial score (nSPS) is 19.5. The van der Waals surface area contributed by atoms with E-state index in [1.807, 2.05) is 35.2 Å². The third-order valence-corrected chi connectivity index (χ3v) is 7.73. The summed E-state index contributed by atoms with van der Waals surface area (Å²) in [4.78, 5) is 59.7. The molecular formula is C24H24N6O7S2. The molecule has 1 fully saturated rings. The van der Waals surface area contributed by atoms with Gasteiger partial charge in [-0.3, -0.25) is 14.5 Å². The first kappa shape index (κ1) is 27.8. The van der Waals surface area contributed by atoms with Gasteiger partial charge in [0.1, 0.15) is 17.1 Å². The number of β-lactam (4-membered cyclic amide) rings is 1. The summed E-state index contributed by atoms with van der Waals surface area (Å²) in [6, 6.07) is 4.54. The molecule has 1 saturated heterocycles. The molecule has 0 bridgehead atoms. The number of hydrogen-bond donors (Lipinski definition) is 3. The van der Waals surface area contributed by atoms with Crippen molar-refractivity contribution in [1.82, 2.24) is 15.2 Å². The summed E-state index contributed by atoms with van der Waals surface area (Å²) in [7, 11) is 0. The smallest absolute Gasteiger partial charge is 0.350 e. The number of nitrogens with zero attached hydrogens (tertiary/aromatic N) is 4. The number of fused-ring (bicyclic) bond motifs is 1. The topological polar surface area (TPSA) is 191 Å². The van der Waals surface area contributed by atoms with Gasteiger partial charge in [-0.1, -0.05) is 17.3 Å². The van der Waals surface area contributed by atoms with E-state index >= 15 is 0 Å². The van der Waals surface area contributed by atoms with Gasteiger partial charge in [0, 0.05) is 23.3 Å². The fourth-order valence-corrected chi connectivity index (χ4v) is 5.51. The Morgan fingerprint density at radius 3 is 2.69 bits per heavy atom. The fraction of sp³-hybridized carbons (Fsp3) is 0.292. The van der Waals surface area contributed by atoms with E-state index in [-0.39, 0.29) is 28.0 Å². The number of carboxylic acid groups (broad SMARTS) is 2. The van der Waals surface area contributed by atoms with Crippen molar-refractivity contribution in [3.8, 4) is 0 Å². The van der Waals surface area contributed by atoms with Gasteiger partial charge in [0.25, 0.3) is 11.8 Å². The highest BCUT2D eigenvalue weighted by molar-refractivity contribution is 8.00. The van der Waals surface area contributed by atoms with E-state index in [2.05, 4.69) is 15.5 Å². The summed E-state index contributed by atoms with van der Waals surface area (Å²) in [5.41, 5.74) is 3.71. The van der Waals surface area contributed by atoms with Crippen LogP contribution in [0.15, 0.2) is 64.6 Å². The van der Waals surface area contributed by atoms with E-state index in [0.717, 1.165) is 16.2 Å². The molecule has 4 N–H and O–H groups in total. The maximum absolute atomic E-state index is 13.1. The molecule has 15 heteroatoms. The molecular weight excluding hydrogens is 548 g/mol. The number of hydrogen-bond acceptors (Lipinski definition) is 11. The summed E-state index contributed by atoms with van der Waals surface area (Å²) in [6.07, 6.45) is 7.15. The lowest BCUT2D eigenvalue weighted by Gasteiger charge is -2.50. The number of aromatic nitrogens is 2. The van der Waals surface area contributed by atoms with E-state index in [1.54, 1.807) is 12.2 Å². The van der Waals surface area contributed by atoms with Crippen molar-refractivity contribution in [2.75, 3.05) is 11.5 Å². The van der Waals surface area contributed by atoms with Gasteiger partial charge in [-0.25, -0.2) is 14.3 Å². The van der Waals surface area contributed by atoms with Gasteiger partial charge in [-0.05, 0) is 25.5 Å². The largest absolute Gasteiger partial charge is 0.543 e. The SMILES string of the molecule is CC(C)(O/N=C(\C(=O)NC1C(=O)N2C(C(=O)[O-])=C(/C=C/C[n+]3ccccc3)CS[C@H]12)c1csc(N)n1)C(=O)O. The summed E-state index contributed by atoms with van der Waals surface area (Å²) in [5.74, 6) is -4.08. The second kappa shape index (κ2) is 11.2. The molecule has 13 nitrogen and oxygen atoms in total. The number of allylic oxidation sites excluding steroid dienone is 2. The first-order chi connectivity index (χ1) is 18.5. The molecule has 0 aliphatic carbocycles. The predicted molar refractivity (Wildman–Crippen MR) is 139 cm³/mol. The monoisotopic (exact) mass is 572 g/mol. The van der Waals surface area contributed by atoms with Crippen molar-refractivity contribution < 1.29 is 38.8 Å². The van der Waals surface area contributed by atoms with Crippen molar-refractivity contribution in [3.05, 3.63) is 65.1 Å². The Morgan fingerprint density at radius 2 is 2.08 bits per heavy atom. The fourth-order valence-electron chi connectivity index (χ4n) is 3.64. The Labute approximate surface area is 230 Å². The maximum atomic E-state index is 13.1. The standard InChI is InChI=1S/C24H24N6O7S2/c1-24(2,22(35)36)37-28-15(14-12-39-23(25)26-14)18(31)27-16-19(32)30-17(21(33)34)13(11-38-20(16)30)7-6-10-29-8-4-3-5-9-29/h3-9,12,16,20H,10-11H2,1-2H3,(H4-,25,26,27,31,33,34,35,36)/b7-6+,28-15-/t16?,20-/m1/s1. The predicted octanol–water partition coefficient (Wildman–Crippen LogP) is -0.743. The van der Waals surface area contributed by atoms with Crippen LogP contribution in [0.2, 0.25) is 0 Å². The number of carbonyl (C=O) groups excluding carboxylic acids is 3. The van der Waals surface area contributed by atoms with Crippen LogP contribution in [0.25, 0.3) is 0 Å². The minimum atomic E-state index is -1.76. The van der Waals surface area contributed by atoms with Gasteiger partial charge in [0.2, 0.25) is 5.60 Å². The van der Waals surface area contributed by atoms with E-state index < -0.39 is 40.8 Å². The number of carbonyl (C=O) groups is 4. The summed E-state index contributed by atoms with van der Waals surface area (Å²) in [6.45, 7) is 2.98. The van der Waals surface area contributed by atoms with Crippen LogP contribution in [0.4, 0.5) is 5.13 Å². The number of amides is 2. The van der Waals surface area contributed by atoms with Crippen molar-refractivity contribution in [1.29, 1.82) is 0 Å². The molecule has 1 unspecified atom stereocenters. The third kappa shape index (κ3) is 5.93. The second-order valence-electron chi connectivity index (χ2n) is 8.91. The molecule has 2 amide bonds. The number of thioether (sulfide) groups is 1. The lowest BCUT2D eigenvalue weighted by Crippen LogP contribution is -2.71. The van der Waals surface area contributed by atoms with Crippen molar-refractivity contribution in [2.45, 2.75) is 37.4 Å². The van der Waals surface area contributed by atoms with Crippen LogP contribution in [-0.2, 0) is 30.6 Å². The molecule has 0 radical (unpaired) electrons. The summed E-state index contributed by atoms with van der Waals surface area (Å²) >= 11 is 2.30. The number of nitrogen functional groups attached to an aromatic ring is 1. The molecule has 2 aromatic rings. The summed E-state index contributed by atoms with van der Waals surface area (Å²) in [5, 5.41) is 28.4. The van der Waals surface area contributed by atoms with Crippen LogP contribution in [0.3, 0.4) is 0 Å². The van der Waals surface area contributed by atoms with Crippen LogP contribution in [0, 0.1) is 0 Å². The number of rotatable bonds is 10. The van der Waals surface area contributed by atoms with Crippen molar-refractivity contribution in [3.63, 3.8) is 0 Å². The number of nitrogens with two attached hydrogens (primary N) is 1. The zero-order valence-corrected chi connectivity index (χ0v) is 22.4. The van der Waals surface area contributed by atoms with Crippen LogP contribution in [0.5, 0.6) is 0 Å². The molecule has 0 saturated carbocycles. The van der Waals surface area contributed by atoms with E-state index in [1.165, 1.54) is 31.0 Å². The van der Waals surface area contributed by atoms with Gasteiger partial charge in [0.15, 0.2) is 29.8 Å². The zero-order chi connectivity index (χ0) is 28.3. The lowest BCUT2D eigenvalue weighted by atomic mass is 10.0. The maximum Gasteiger partial charge on any atom is 0.350 e. The van der Waals surface area contributed by atoms with Crippen LogP contribution >= 0.6 is 23.1 Å². The Balaban J connectivity index is 1.52. The second-order valence-corrected chi connectivity index (χ2v) is 10.9. The van der Waals surface area contributed by atoms with Crippen molar-refractivity contribution >= 4 is 57.7 Å². The van der Waals surface area contributed by atoms with E-state index in [4.69, 9.17) is 10.6 Å². The molecule has 0 aromatic carbocycles. The third-order valence-electron chi connectivity index (χ3n) is 5.75. The average Bonchev–Trinajstić information content (AvgIpc) is 3.32. The zero-order valence-electron chi connectivity index (χ0n) is 20.8. The number of aliphatic carboxylic acids is 2. The molecule has 4 rings (SSSR count). The quantitative estimate of drug-likeness (QED) is 0.141. The Bertz CT molecular complexity index is 1400. The Kier molecular flexibility index (Phi) is 8.01. The molecule has 2 aliphatic rings. The van der Waals surface area contributed by atoms with Gasteiger partial charge in [0.05, 0.1) is 11.7 Å². The van der Waals surface area contributed by atoms with Crippen molar-refractivity contribution in [2.24, 2.45) is 5.16 Å². The van der Waals surface area contributed by atoms with Crippen LogP contribution < -0.4 is 20.7 Å². The Hall–Kier alpha value is -4.24.